The fourth-order valence-corrected chi connectivity index (χ4v) is 2.78. The molecule has 1 atom stereocenters. The summed E-state index contributed by atoms with van der Waals surface area (Å²) in [6.45, 7) is 4.72. The molecule has 0 amide bonds. The summed E-state index contributed by atoms with van der Waals surface area (Å²) in [6, 6.07) is 4.35. The lowest BCUT2D eigenvalue weighted by Crippen LogP contribution is -2.36. The second-order valence-electron chi connectivity index (χ2n) is 4.25. The second kappa shape index (κ2) is 6.26. The van der Waals surface area contributed by atoms with Crippen LogP contribution in [0.15, 0.2) is 17.5 Å². The Morgan fingerprint density at radius 3 is 3.27 bits per heavy atom. The Morgan fingerprint density at radius 1 is 1.53 bits per heavy atom. The normalized spacial score (nSPS) is 21.7. The van der Waals surface area contributed by atoms with Gasteiger partial charge in [0.15, 0.2) is 0 Å². The summed E-state index contributed by atoms with van der Waals surface area (Å²) in [6.07, 6.45) is 3.91. The molecule has 1 fully saturated rings. The highest BCUT2D eigenvalue weighted by atomic mass is 32.1. The molecule has 0 bridgehead atoms. The maximum absolute atomic E-state index is 3.56. The van der Waals surface area contributed by atoms with E-state index in [-0.39, 0.29) is 0 Å². The summed E-state index contributed by atoms with van der Waals surface area (Å²) in [7, 11) is 0. The Morgan fingerprint density at radius 2 is 2.53 bits per heavy atom. The summed E-state index contributed by atoms with van der Waals surface area (Å²) < 4.78 is 0. The van der Waals surface area contributed by atoms with Crippen molar-refractivity contribution in [3.05, 3.63) is 22.4 Å². The van der Waals surface area contributed by atoms with Gasteiger partial charge in [-0.1, -0.05) is 6.07 Å². The Balaban J connectivity index is 1.54. The van der Waals surface area contributed by atoms with Gasteiger partial charge in [0.05, 0.1) is 0 Å². The zero-order valence-corrected chi connectivity index (χ0v) is 9.98. The van der Waals surface area contributed by atoms with Crippen molar-refractivity contribution < 1.29 is 0 Å². The quantitative estimate of drug-likeness (QED) is 0.746. The van der Waals surface area contributed by atoms with Gasteiger partial charge in [-0.05, 0) is 62.8 Å². The summed E-state index contributed by atoms with van der Waals surface area (Å²) in [5.74, 6) is 0.849. The van der Waals surface area contributed by atoms with Crippen molar-refractivity contribution in [2.45, 2.75) is 19.3 Å². The van der Waals surface area contributed by atoms with Gasteiger partial charge >= 0.3 is 0 Å². The molecule has 2 heterocycles. The first-order chi connectivity index (χ1) is 7.45. The molecule has 2 N–H and O–H groups in total. The third-order valence-corrected chi connectivity index (χ3v) is 3.90. The SMILES string of the molecule is c1csc(CCNCC2CCCNC2)c1. The van der Waals surface area contributed by atoms with Crippen molar-refractivity contribution in [3.63, 3.8) is 0 Å². The number of hydrogen-bond donors (Lipinski definition) is 2. The van der Waals surface area contributed by atoms with Crippen molar-refractivity contribution in [2.24, 2.45) is 5.92 Å². The van der Waals surface area contributed by atoms with Gasteiger partial charge in [0.1, 0.15) is 0 Å². The predicted molar refractivity (Wildman–Crippen MR) is 66.5 cm³/mol. The van der Waals surface area contributed by atoms with Crippen LogP contribution in [0.5, 0.6) is 0 Å². The minimum Gasteiger partial charge on any atom is -0.316 e. The van der Waals surface area contributed by atoms with Crippen LogP contribution in [0.4, 0.5) is 0 Å². The minimum absolute atomic E-state index is 0.849. The number of rotatable bonds is 5. The zero-order valence-electron chi connectivity index (χ0n) is 9.17. The first kappa shape index (κ1) is 11.1. The standard InChI is InChI=1S/C12H20N2S/c1-3-11(9-13-6-1)10-14-7-5-12-4-2-8-15-12/h2,4,8,11,13-14H,1,3,5-7,9-10H2. The van der Waals surface area contributed by atoms with Crippen LogP contribution >= 0.6 is 11.3 Å². The van der Waals surface area contributed by atoms with Gasteiger partial charge in [-0.3, -0.25) is 0 Å². The minimum atomic E-state index is 0.849. The van der Waals surface area contributed by atoms with E-state index < -0.39 is 0 Å². The Labute approximate surface area is 96.1 Å². The Kier molecular flexibility index (Phi) is 4.64. The highest BCUT2D eigenvalue weighted by Gasteiger charge is 2.11. The van der Waals surface area contributed by atoms with Crippen LogP contribution in [0.25, 0.3) is 0 Å². The summed E-state index contributed by atoms with van der Waals surface area (Å²) >= 11 is 1.86. The van der Waals surface area contributed by atoms with Crippen LogP contribution in [-0.4, -0.2) is 26.2 Å². The molecular formula is C12H20N2S. The number of thiophene rings is 1. The number of nitrogens with one attached hydrogen (secondary N) is 2. The lowest BCUT2D eigenvalue weighted by molar-refractivity contribution is 0.361. The van der Waals surface area contributed by atoms with Gasteiger partial charge in [-0.25, -0.2) is 0 Å². The maximum atomic E-state index is 3.56. The largest absolute Gasteiger partial charge is 0.316 e. The molecule has 0 spiro atoms. The topological polar surface area (TPSA) is 24.1 Å². The lowest BCUT2D eigenvalue weighted by atomic mass is 10.00. The summed E-state index contributed by atoms with van der Waals surface area (Å²) in [5, 5.41) is 9.16. The zero-order chi connectivity index (χ0) is 10.3. The molecule has 1 unspecified atom stereocenters. The molecule has 0 radical (unpaired) electrons. The van der Waals surface area contributed by atoms with E-state index >= 15 is 0 Å². The van der Waals surface area contributed by atoms with Crippen LogP contribution in [-0.2, 0) is 6.42 Å². The van der Waals surface area contributed by atoms with E-state index in [1.54, 1.807) is 0 Å². The molecule has 1 aliphatic rings. The fourth-order valence-electron chi connectivity index (χ4n) is 2.07. The van der Waals surface area contributed by atoms with Crippen molar-refractivity contribution >= 4 is 11.3 Å². The summed E-state index contributed by atoms with van der Waals surface area (Å²) in [4.78, 5) is 1.49. The molecule has 2 nitrogen and oxygen atoms in total. The molecule has 0 saturated carbocycles. The molecule has 0 aromatic carbocycles. The smallest absolute Gasteiger partial charge is 0.00578 e. The second-order valence-corrected chi connectivity index (χ2v) is 5.28. The van der Waals surface area contributed by atoms with Gasteiger partial charge in [-0.15, -0.1) is 11.3 Å². The maximum Gasteiger partial charge on any atom is 0.00578 e. The average molecular weight is 224 g/mol. The van der Waals surface area contributed by atoms with Crippen LogP contribution in [0, 0.1) is 5.92 Å². The third kappa shape index (κ3) is 3.93. The van der Waals surface area contributed by atoms with E-state index in [9.17, 15) is 0 Å². The molecular weight excluding hydrogens is 204 g/mol. The molecule has 1 saturated heterocycles. The van der Waals surface area contributed by atoms with Gasteiger partial charge in [0, 0.05) is 4.88 Å². The first-order valence-corrected chi connectivity index (χ1v) is 6.77. The molecule has 1 aromatic heterocycles. The average Bonchev–Trinajstić information content (AvgIpc) is 2.79. The molecule has 15 heavy (non-hydrogen) atoms. The molecule has 1 aromatic rings. The van der Waals surface area contributed by atoms with E-state index in [0.29, 0.717) is 0 Å². The van der Waals surface area contributed by atoms with Crippen molar-refractivity contribution in [3.8, 4) is 0 Å². The fraction of sp³-hybridized carbons (Fsp3) is 0.667. The van der Waals surface area contributed by atoms with E-state index in [1.165, 1.54) is 43.8 Å². The van der Waals surface area contributed by atoms with E-state index in [4.69, 9.17) is 0 Å². The van der Waals surface area contributed by atoms with Crippen molar-refractivity contribution in [1.29, 1.82) is 0 Å². The highest BCUT2D eigenvalue weighted by molar-refractivity contribution is 7.09. The molecule has 84 valence electrons. The van der Waals surface area contributed by atoms with E-state index in [2.05, 4.69) is 28.1 Å². The molecule has 2 rings (SSSR count). The lowest BCUT2D eigenvalue weighted by Gasteiger charge is -2.22. The number of piperidine rings is 1. The Hall–Kier alpha value is -0.380. The van der Waals surface area contributed by atoms with Crippen LogP contribution in [0.2, 0.25) is 0 Å². The summed E-state index contributed by atoms with van der Waals surface area (Å²) in [5.41, 5.74) is 0. The van der Waals surface area contributed by atoms with Gasteiger partial charge in [-0.2, -0.15) is 0 Å². The highest BCUT2D eigenvalue weighted by Crippen LogP contribution is 2.10. The first-order valence-electron chi connectivity index (χ1n) is 5.89. The van der Waals surface area contributed by atoms with Crippen molar-refractivity contribution in [1.82, 2.24) is 10.6 Å². The van der Waals surface area contributed by atoms with Crippen LogP contribution in [0.3, 0.4) is 0 Å². The Bertz CT molecular complexity index is 253. The van der Waals surface area contributed by atoms with Crippen LogP contribution < -0.4 is 10.6 Å². The van der Waals surface area contributed by atoms with E-state index in [1.807, 2.05) is 11.3 Å². The predicted octanol–water partition coefficient (Wildman–Crippen LogP) is 1.88. The van der Waals surface area contributed by atoms with Crippen LogP contribution in [0.1, 0.15) is 17.7 Å². The third-order valence-electron chi connectivity index (χ3n) is 2.96. The van der Waals surface area contributed by atoms with E-state index in [0.717, 1.165) is 12.5 Å². The van der Waals surface area contributed by atoms with Gasteiger partial charge < -0.3 is 10.6 Å². The monoisotopic (exact) mass is 224 g/mol. The molecule has 3 heteroatoms. The molecule has 0 aliphatic carbocycles. The van der Waals surface area contributed by atoms with Gasteiger partial charge in [0.25, 0.3) is 0 Å². The number of hydrogen-bond acceptors (Lipinski definition) is 3. The molecule has 1 aliphatic heterocycles. The van der Waals surface area contributed by atoms with Gasteiger partial charge in [0.2, 0.25) is 0 Å². The van der Waals surface area contributed by atoms with Crippen molar-refractivity contribution in [2.75, 3.05) is 26.2 Å².